The molecular formula is C15H14BrClF2N2O2. The first kappa shape index (κ1) is 16.7. The van der Waals surface area contributed by atoms with Gasteiger partial charge in [-0.25, -0.2) is 4.98 Å². The minimum absolute atomic E-state index is 0.0520. The molecule has 2 heterocycles. The molecule has 4 nitrogen and oxygen atoms in total. The molecule has 3 rings (SSSR count). The number of fused-ring (bicyclic) bond motifs is 1. The summed E-state index contributed by atoms with van der Waals surface area (Å²) in [7, 11) is 0. The average molecular weight is 408 g/mol. The van der Waals surface area contributed by atoms with Gasteiger partial charge in [0.1, 0.15) is 16.2 Å². The Hall–Kier alpha value is -1.18. The fourth-order valence-electron chi connectivity index (χ4n) is 2.61. The van der Waals surface area contributed by atoms with E-state index in [4.69, 9.17) is 16.3 Å². The fourth-order valence-corrected chi connectivity index (χ4v) is 3.42. The Kier molecular flexibility index (Phi) is 4.89. The summed E-state index contributed by atoms with van der Waals surface area (Å²) >= 11 is 9.52. The van der Waals surface area contributed by atoms with E-state index < -0.39 is 6.61 Å². The zero-order chi connectivity index (χ0) is 16.6. The molecule has 1 aromatic heterocycles. The summed E-state index contributed by atoms with van der Waals surface area (Å²) < 4.78 is 37.5. The molecular weight excluding hydrogens is 394 g/mol. The molecule has 0 radical (unpaired) electrons. The molecule has 0 N–H and O–H groups in total. The monoisotopic (exact) mass is 406 g/mol. The third kappa shape index (κ3) is 3.51. The lowest BCUT2D eigenvalue weighted by Gasteiger charge is -2.13. The first-order chi connectivity index (χ1) is 11.0. The van der Waals surface area contributed by atoms with Crippen LogP contribution in [0, 0.1) is 0 Å². The van der Waals surface area contributed by atoms with Crippen molar-refractivity contribution in [2.45, 2.75) is 32.6 Å². The van der Waals surface area contributed by atoms with Crippen LogP contribution in [-0.2, 0) is 17.7 Å². The standard InChI is InChI=1S/C15H14BrClF2N2O2/c1-8-7-21-11(4-5-22-8)13(16)20-14(21)9-2-3-12(10(17)6-9)23-15(18)19/h2-3,6,8,15H,4-5,7H2,1H3. The maximum absolute atomic E-state index is 12.3. The highest BCUT2D eigenvalue weighted by Crippen LogP contribution is 2.33. The highest BCUT2D eigenvalue weighted by molar-refractivity contribution is 9.10. The van der Waals surface area contributed by atoms with Crippen LogP contribution in [0.4, 0.5) is 8.78 Å². The number of hydrogen-bond acceptors (Lipinski definition) is 3. The summed E-state index contributed by atoms with van der Waals surface area (Å²) in [5.74, 6) is 0.665. The number of nitrogens with zero attached hydrogens (tertiary/aromatic N) is 2. The average Bonchev–Trinajstić information content (AvgIpc) is 2.67. The fraction of sp³-hybridized carbons (Fsp3) is 0.400. The number of halogens is 4. The van der Waals surface area contributed by atoms with E-state index in [1.54, 1.807) is 12.1 Å². The third-order valence-electron chi connectivity index (χ3n) is 3.61. The summed E-state index contributed by atoms with van der Waals surface area (Å²) in [5, 5.41) is 0.120. The molecule has 0 amide bonds. The van der Waals surface area contributed by atoms with Crippen LogP contribution >= 0.6 is 27.5 Å². The van der Waals surface area contributed by atoms with E-state index in [1.165, 1.54) is 6.07 Å². The van der Waals surface area contributed by atoms with Gasteiger partial charge in [-0.1, -0.05) is 11.6 Å². The predicted octanol–water partition coefficient (Wildman–Crippen LogP) is 4.53. The van der Waals surface area contributed by atoms with Crippen molar-refractivity contribution in [3.8, 4) is 17.1 Å². The molecule has 1 unspecified atom stereocenters. The highest BCUT2D eigenvalue weighted by atomic mass is 79.9. The second-order valence-electron chi connectivity index (χ2n) is 5.24. The number of benzene rings is 1. The molecule has 23 heavy (non-hydrogen) atoms. The highest BCUT2D eigenvalue weighted by Gasteiger charge is 2.22. The maximum atomic E-state index is 12.3. The number of rotatable bonds is 3. The first-order valence-corrected chi connectivity index (χ1v) is 8.24. The Labute approximate surface area is 145 Å². The van der Waals surface area contributed by atoms with Crippen molar-refractivity contribution in [1.29, 1.82) is 0 Å². The lowest BCUT2D eigenvalue weighted by molar-refractivity contribution is -0.0497. The van der Waals surface area contributed by atoms with E-state index >= 15 is 0 Å². The van der Waals surface area contributed by atoms with Gasteiger partial charge < -0.3 is 14.0 Å². The molecule has 0 saturated heterocycles. The Balaban J connectivity index is 2.01. The van der Waals surface area contributed by atoms with Crippen LogP contribution in [0.2, 0.25) is 5.02 Å². The van der Waals surface area contributed by atoms with Crippen LogP contribution in [0.3, 0.4) is 0 Å². The van der Waals surface area contributed by atoms with E-state index in [-0.39, 0.29) is 16.9 Å². The molecule has 1 aliphatic heterocycles. The van der Waals surface area contributed by atoms with Crippen molar-refractivity contribution in [1.82, 2.24) is 9.55 Å². The molecule has 2 aromatic rings. The van der Waals surface area contributed by atoms with Crippen molar-refractivity contribution < 1.29 is 18.3 Å². The molecule has 0 saturated carbocycles. The molecule has 124 valence electrons. The molecule has 0 fully saturated rings. The van der Waals surface area contributed by atoms with E-state index in [9.17, 15) is 8.78 Å². The number of ether oxygens (including phenoxy) is 2. The van der Waals surface area contributed by atoms with Crippen molar-refractivity contribution >= 4 is 27.5 Å². The van der Waals surface area contributed by atoms with Crippen LogP contribution < -0.4 is 4.74 Å². The van der Waals surface area contributed by atoms with Crippen LogP contribution in [0.5, 0.6) is 5.75 Å². The zero-order valence-electron chi connectivity index (χ0n) is 12.2. The van der Waals surface area contributed by atoms with Crippen LogP contribution in [-0.4, -0.2) is 28.9 Å². The van der Waals surface area contributed by atoms with Gasteiger partial charge in [0.15, 0.2) is 0 Å². The summed E-state index contributed by atoms with van der Waals surface area (Å²) in [4.78, 5) is 4.55. The Morgan fingerprint density at radius 1 is 1.48 bits per heavy atom. The smallest absolute Gasteiger partial charge is 0.387 e. The number of imidazole rings is 1. The van der Waals surface area contributed by atoms with E-state index in [0.717, 1.165) is 28.1 Å². The maximum Gasteiger partial charge on any atom is 0.387 e. The molecule has 0 bridgehead atoms. The van der Waals surface area contributed by atoms with E-state index in [0.29, 0.717) is 13.2 Å². The summed E-state index contributed by atoms with van der Waals surface area (Å²) in [6, 6.07) is 4.68. The number of hydrogen-bond donors (Lipinski definition) is 0. The van der Waals surface area contributed by atoms with Gasteiger partial charge in [-0.05, 0) is 41.1 Å². The second-order valence-corrected chi connectivity index (χ2v) is 6.40. The summed E-state index contributed by atoms with van der Waals surface area (Å²) in [5.41, 5.74) is 1.78. The second kappa shape index (κ2) is 6.75. The minimum atomic E-state index is -2.91. The lowest BCUT2D eigenvalue weighted by Crippen LogP contribution is -2.15. The summed E-state index contributed by atoms with van der Waals surface area (Å²) in [6.45, 7) is 0.385. The van der Waals surface area contributed by atoms with Crippen LogP contribution in [0.25, 0.3) is 11.4 Å². The van der Waals surface area contributed by atoms with Gasteiger partial charge in [0, 0.05) is 12.0 Å². The van der Waals surface area contributed by atoms with Gasteiger partial charge in [-0.3, -0.25) is 0 Å². The molecule has 0 aliphatic carbocycles. The molecule has 1 aliphatic rings. The normalized spacial score (nSPS) is 17.9. The van der Waals surface area contributed by atoms with E-state index in [2.05, 4.69) is 30.2 Å². The quantitative estimate of drug-likeness (QED) is 0.750. The van der Waals surface area contributed by atoms with Gasteiger partial charge in [-0.15, -0.1) is 0 Å². The summed E-state index contributed by atoms with van der Waals surface area (Å²) in [6.07, 6.45) is 0.811. The van der Waals surface area contributed by atoms with Crippen molar-refractivity contribution in [2.24, 2.45) is 0 Å². The first-order valence-electron chi connectivity index (χ1n) is 7.07. The van der Waals surface area contributed by atoms with Crippen molar-refractivity contribution in [2.75, 3.05) is 6.61 Å². The zero-order valence-corrected chi connectivity index (χ0v) is 14.6. The Bertz CT molecular complexity index is 724. The Morgan fingerprint density at radius 2 is 2.26 bits per heavy atom. The van der Waals surface area contributed by atoms with Gasteiger partial charge >= 0.3 is 6.61 Å². The van der Waals surface area contributed by atoms with Gasteiger partial charge in [-0.2, -0.15) is 8.78 Å². The van der Waals surface area contributed by atoms with Crippen molar-refractivity contribution in [3.63, 3.8) is 0 Å². The van der Waals surface area contributed by atoms with Gasteiger partial charge in [0.2, 0.25) is 0 Å². The van der Waals surface area contributed by atoms with Crippen LogP contribution in [0.15, 0.2) is 22.8 Å². The Morgan fingerprint density at radius 3 is 2.96 bits per heavy atom. The van der Waals surface area contributed by atoms with Crippen molar-refractivity contribution in [3.05, 3.63) is 33.5 Å². The molecule has 8 heteroatoms. The van der Waals surface area contributed by atoms with Gasteiger partial charge in [0.25, 0.3) is 0 Å². The predicted molar refractivity (Wildman–Crippen MR) is 86.1 cm³/mol. The lowest BCUT2D eigenvalue weighted by atomic mass is 10.2. The SMILES string of the molecule is CC1Cn2c(-c3ccc(OC(F)F)c(Cl)c3)nc(Br)c2CCO1. The van der Waals surface area contributed by atoms with Gasteiger partial charge in [0.05, 0.1) is 30.0 Å². The largest absolute Gasteiger partial charge is 0.433 e. The molecule has 1 atom stereocenters. The molecule has 0 spiro atoms. The number of alkyl halides is 2. The third-order valence-corrected chi connectivity index (χ3v) is 4.54. The topological polar surface area (TPSA) is 36.3 Å². The molecule has 1 aromatic carbocycles. The minimum Gasteiger partial charge on any atom is -0.433 e. The number of aromatic nitrogens is 2. The van der Waals surface area contributed by atoms with Crippen LogP contribution in [0.1, 0.15) is 12.6 Å². The van der Waals surface area contributed by atoms with E-state index in [1.807, 2.05) is 6.92 Å².